The molecule has 12 nitrogen and oxygen atoms in total. The largest absolute Gasteiger partial charge is 0.467 e. The molecule has 0 fully saturated rings. The Bertz CT molecular complexity index is 1590. The van der Waals surface area contributed by atoms with Gasteiger partial charge in [0.25, 0.3) is 17.4 Å². The van der Waals surface area contributed by atoms with E-state index in [1.54, 1.807) is 0 Å². The van der Waals surface area contributed by atoms with E-state index in [9.17, 15) is 19.2 Å². The topological polar surface area (TPSA) is 175 Å². The molecule has 5 N–H and O–H groups in total. The number of carboxylic acid groups (broad SMARTS) is 1. The number of halogens is 1. The highest BCUT2D eigenvalue weighted by molar-refractivity contribution is 6.34. The first kappa shape index (κ1) is 27.1. The Hall–Kier alpha value is -4.97. The summed E-state index contributed by atoms with van der Waals surface area (Å²) in [5, 5.41) is 17.2. The highest BCUT2D eigenvalue weighted by atomic mass is 35.5. The number of ether oxygens (including phenoxy) is 1. The summed E-state index contributed by atoms with van der Waals surface area (Å²) < 4.78 is 4.94. The van der Waals surface area contributed by atoms with Crippen molar-refractivity contribution >= 4 is 46.2 Å². The molecule has 200 valence electrons. The predicted molar refractivity (Wildman–Crippen MR) is 143 cm³/mol. The number of anilines is 1. The Balaban J connectivity index is 1.54. The van der Waals surface area contributed by atoms with Crippen molar-refractivity contribution in [3.63, 3.8) is 0 Å². The highest BCUT2D eigenvalue weighted by Crippen LogP contribution is 2.25. The number of pyridine rings is 1. The standard InChI is InChI=1S/C26H23ClN6O6/c1-39-25-29-13-16-11-17(24(36)32-21(16)33-25)23(35)31-20-12-15(7-8-18(20)27)22(34)30-19(9-10-28-26(37)38)14-5-3-2-4-6-14/h2-8,11-13,19,28H,9-10H2,1H3,(H,30,34)(H,31,35)(H,37,38)(H,29,32,33,36). The van der Waals surface area contributed by atoms with Crippen molar-refractivity contribution in [1.29, 1.82) is 0 Å². The summed E-state index contributed by atoms with van der Waals surface area (Å²) in [6, 6.07) is 14.3. The Labute approximate surface area is 226 Å². The van der Waals surface area contributed by atoms with Crippen LogP contribution in [-0.2, 0) is 0 Å². The molecular formula is C26H23ClN6O6. The fourth-order valence-electron chi connectivity index (χ4n) is 3.77. The van der Waals surface area contributed by atoms with Gasteiger partial charge in [0.2, 0.25) is 0 Å². The van der Waals surface area contributed by atoms with Crippen molar-refractivity contribution in [2.45, 2.75) is 12.5 Å². The SMILES string of the molecule is COc1ncc2cc(C(=O)Nc3cc(C(=O)NC(CCNC(=O)O)c4ccccc4)ccc3Cl)c(=O)[nH]c2n1. The average Bonchev–Trinajstić information content (AvgIpc) is 2.93. The molecule has 0 saturated carbocycles. The molecule has 0 bridgehead atoms. The lowest BCUT2D eigenvalue weighted by Gasteiger charge is -2.20. The molecule has 3 amide bonds. The Morgan fingerprint density at radius 3 is 2.59 bits per heavy atom. The molecule has 1 unspecified atom stereocenters. The Kier molecular flexibility index (Phi) is 8.37. The molecular weight excluding hydrogens is 528 g/mol. The van der Waals surface area contributed by atoms with E-state index < -0.39 is 29.5 Å². The minimum absolute atomic E-state index is 0.0601. The number of hydrogen-bond acceptors (Lipinski definition) is 7. The fraction of sp³-hybridized carbons (Fsp3) is 0.154. The van der Waals surface area contributed by atoms with Crippen LogP contribution in [0.3, 0.4) is 0 Å². The van der Waals surface area contributed by atoms with Crippen molar-refractivity contribution in [3.05, 3.63) is 92.9 Å². The number of benzene rings is 2. The number of hydrogen-bond donors (Lipinski definition) is 5. The zero-order valence-electron chi connectivity index (χ0n) is 20.5. The van der Waals surface area contributed by atoms with Crippen LogP contribution in [0.4, 0.5) is 10.5 Å². The lowest BCUT2D eigenvalue weighted by Crippen LogP contribution is -2.32. The first-order valence-corrected chi connectivity index (χ1v) is 12.0. The molecule has 1 atom stereocenters. The van der Waals surface area contributed by atoms with Crippen LogP contribution >= 0.6 is 11.6 Å². The molecule has 0 aliphatic carbocycles. The molecule has 2 heterocycles. The maximum Gasteiger partial charge on any atom is 0.404 e. The van der Waals surface area contributed by atoms with Crippen LogP contribution in [0.5, 0.6) is 6.01 Å². The number of rotatable bonds is 9. The summed E-state index contributed by atoms with van der Waals surface area (Å²) in [6.07, 6.45) is 0.546. The van der Waals surface area contributed by atoms with E-state index in [1.165, 1.54) is 37.6 Å². The first-order valence-electron chi connectivity index (χ1n) is 11.6. The minimum atomic E-state index is -1.16. The maximum absolute atomic E-state index is 13.1. The van der Waals surface area contributed by atoms with Gasteiger partial charge in [0.15, 0.2) is 0 Å². The van der Waals surface area contributed by atoms with E-state index in [-0.39, 0.29) is 40.0 Å². The van der Waals surface area contributed by atoms with Gasteiger partial charge in [0.1, 0.15) is 11.2 Å². The van der Waals surface area contributed by atoms with Crippen molar-refractivity contribution in [1.82, 2.24) is 25.6 Å². The molecule has 2 aromatic carbocycles. The van der Waals surface area contributed by atoms with E-state index in [0.29, 0.717) is 11.8 Å². The van der Waals surface area contributed by atoms with Crippen LogP contribution in [0.2, 0.25) is 5.02 Å². The molecule has 0 radical (unpaired) electrons. The second-order valence-corrected chi connectivity index (χ2v) is 8.69. The van der Waals surface area contributed by atoms with Crippen LogP contribution in [0.25, 0.3) is 11.0 Å². The second-order valence-electron chi connectivity index (χ2n) is 8.28. The lowest BCUT2D eigenvalue weighted by molar-refractivity contribution is 0.0933. The van der Waals surface area contributed by atoms with Gasteiger partial charge in [-0.15, -0.1) is 0 Å². The third-order valence-corrected chi connectivity index (χ3v) is 6.02. The van der Waals surface area contributed by atoms with E-state index in [0.717, 1.165) is 5.56 Å². The van der Waals surface area contributed by atoms with E-state index in [2.05, 4.69) is 30.9 Å². The summed E-state index contributed by atoms with van der Waals surface area (Å²) in [7, 11) is 1.39. The Morgan fingerprint density at radius 2 is 1.87 bits per heavy atom. The van der Waals surface area contributed by atoms with Gasteiger partial charge in [-0.25, -0.2) is 9.78 Å². The Morgan fingerprint density at radius 1 is 1.10 bits per heavy atom. The van der Waals surface area contributed by atoms with Crippen molar-refractivity contribution in [3.8, 4) is 6.01 Å². The average molecular weight is 551 g/mol. The summed E-state index contributed by atoms with van der Waals surface area (Å²) in [4.78, 5) is 60.0. The van der Waals surface area contributed by atoms with Gasteiger partial charge in [-0.05, 0) is 36.2 Å². The zero-order chi connectivity index (χ0) is 27.9. The van der Waals surface area contributed by atoms with Crippen molar-refractivity contribution in [2.75, 3.05) is 19.0 Å². The van der Waals surface area contributed by atoms with E-state index in [1.807, 2.05) is 30.3 Å². The van der Waals surface area contributed by atoms with Crippen LogP contribution in [-0.4, -0.2) is 51.6 Å². The van der Waals surface area contributed by atoms with Crippen molar-refractivity contribution < 1.29 is 24.2 Å². The monoisotopic (exact) mass is 550 g/mol. The van der Waals surface area contributed by atoms with Crippen LogP contribution in [0.15, 0.2) is 65.6 Å². The zero-order valence-corrected chi connectivity index (χ0v) is 21.3. The third kappa shape index (κ3) is 6.67. The highest BCUT2D eigenvalue weighted by Gasteiger charge is 2.19. The first-order chi connectivity index (χ1) is 18.7. The van der Waals surface area contributed by atoms with E-state index >= 15 is 0 Å². The lowest BCUT2D eigenvalue weighted by atomic mass is 10.0. The molecule has 39 heavy (non-hydrogen) atoms. The molecule has 0 spiro atoms. The number of nitrogens with zero attached hydrogens (tertiary/aromatic N) is 2. The number of aromatic nitrogens is 3. The minimum Gasteiger partial charge on any atom is -0.467 e. The van der Waals surface area contributed by atoms with Gasteiger partial charge in [0, 0.05) is 23.7 Å². The summed E-state index contributed by atoms with van der Waals surface area (Å²) in [5.74, 6) is -1.23. The normalized spacial score (nSPS) is 11.4. The quantitative estimate of drug-likeness (QED) is 0.211. The maximum atomic E-state index is 13.1. The summed E-state index contributed by atoms with van der Waals surface area (Å²) in [6.45, 7) is 0.120. The predicted octanol–water partition coefficient (Wildman–Crippen LogP) is 3.36. The van der Waals surface area contributed by atoms with Crippen LogP contribution < -0.4 is 26.2 Å². The second kappa shape index (κ2) is 12.0. The van der Waals surface area contributed by atoms with Crippen molar-refractivity contribution in [2.24, 2.45) is 0 Å². The number of carbonyl (C=O) groups excluding carboxylic acids is 2. The van der Waals surface area contributed by atoms with Crippen LogP contribution in [0, 0.1) is 0 Å². The molecule has 13 heteroatoms. The number of fused-ring (bicyclic) bond motifs is 1. The number of methoxy groups -OCH3 is 1. The number of nitrogens with one attached hydrogen (secondary N) is 4. The molecule has 0 aliphatic heterocycles. The molecule has 4 rings (SSSR count). The number of carbonyl (C=O) groups is 3. The number of aromatic amines is 1. The molecule has 0 saturated heterocycles. The number of H-pyrrole nitrogens is 1. The number of amides is 3. The summed E-state index contributed by atoms with van der Waals surface area (Å²) in [5.41, 5.74) is 0.395. The molecule has 4 aromatic rings. The summed E-state index contributed by atoms with van der Waals surface area (Å²) >= 11 is 6.27. The fourth-order valence-corrected chi connectivity index (χ4v) is 3.93. The molecule has 2 aromatic heterocycles. The van der Waals surface area contributed by atoms with Crippen LogP contribution in [0.1, 0.15) is 38.7 Å². The van der Waals surface area contributed by atoms with Gasteiger partial charge < -0.3 is 30.8 Å². The van der Waals surface area contributed by atoms with Gasteiger partial charge in [0.05, 0.1) is 23.9 Å². The van der Waals surface area contributed by atoms with Gasteiger partial charge in [-0.3, -0.25) is 14.4 Å². The third-order valence-electron chi connectivity index (χ3n) is 5.69. The van der Waals surface area contributed by atoms with Gasteiger partial charge in [-0.2, -0.15) is 4.98 Å². The van der Waals surface area contributed by atoms with Gasteiger partial charge >= 0.3 is 12.1 Å². The molecule has 0 aliphatic rings. The smallest absolute Gasteiger partial charge is 0.404 e. The van der Waals surface area contributed by atoms with E-state index in [4.69, 9.17) is 21.4 Å². The van der Waals surface area contributed by atoms with Gasteiger partial charge in [-0.1, -0.05) is 41.9 Å².